The minimum Gasteiger partial charge on any atom is -0.494 e. The normalized spacial score (nSPS) is 19.6. The van der Waals surface area contributed by atoms with Crippen molar-refractivity contribution in [2.24, 2.45) is 0 Å². The van der Waals surface area contributed by atoms with E-state index in [0.29, 0.717) is 23.6 Å². The van der Waals surface area contributed by atoms with Gasteiger partial charge in [0.1, 0.15) is 23.4 Å². The minimum atomic E-state index is -0.666. The maximum absolute atomic E-state index is 13.5. The van der Waals surface area contributed by atoms with E-state index in [4.69, 9.17) is 9.47 Å². The van der Waals surface area contributed by atoms with Crippen LogP contribution in [0.25, 0.3) is 0 Å². The van der Waals surface area contributed by atoms with Gasteiger partial charge in [-0.05, 0) is 43.7 Å². The summed E-state index contributed by atoms with van der Waals surface area (Å²) in [7, 11) is 0. The highest BCUT2D eigenvalue weighted by molar-refractivity contribution is 6.01. The smallest absolute Gasteiger partial charge is 0.228 e. The van der Waals surface area contributed by atoms with Crippen molar-refractivity contribution in [2.75, 3.05) is 11.9 Å². The molecule has 0 saturated carbocycles. The lowest BCUT2D eigenvalue weighted by Gasteiger charge is -2.25. The van der Waals surface area contributed by atoms with Crippen LogP contribution < -0.4 is 20.1 Å². The van der Waals surface area contributed by atoms with E-state index in [0.717, 1.165) is 23.3 Å². The highest BCUT2D eigenvalue weighted by Crippen LogP contribution is 2.36. The van der Waals surface area contributed by atoms with Gasteiger partial charge in [0.15, 0.2) is 0 Å². The third-order valence-electron chi connectivity index (χ3n) is 5.20. The van der Waals surface area contributed by atoms with E-state index in [-0.39, 0.29) is 30.9 Å². The molecule has 0 unspecified atom stereocenters. The van der Waals surface area contributed by atoms with Crippen molar-refractivity contribution in [1.82, 2.24) is 5.32 Å². The van der Waals surface area contributed by atoms with Crippen molar-refractivity contribution in [3.63, 3.8) is 0 Å². The molecular weight excluding hydrogens is 375 g/mol. The average molecular weight is 398 g/mol. The Morgan fingerprint density at radius 2 is 2.14 bits per heavy atom. The molecule has 2 N–H and O–H groups in total. The third kappa shape index (κ3) is 3.90. The average Bonchev–Trinajstić information content (AvgIpc) is 3.04. The number of benzene rings is 2. The van der Waals surface area contributed by atoms with Gasteiger partial charge < -0.3 is 20.1 Å². The van der Waals surface area contributed by atoms with Gasteiger partial charge in [0.2, 0.25) is 11.8 Å². The maximum Gasteiger partial charge on any atom is 0.228 e. The molecule has 2 amide bonds. The molecule has 2 aromatic carbocycles. The number of amides is 2. The summed E-state index contributed by atoms with van der Waals surface area (Å²) in [5.41, 5.74) is 2.86. The molecule has 0 aliphatic carbocycles. The molecule has 2 aromatic rings. The van der Waals surface area contributed by atoms with Gasteiger partial charge in [-0.15, -0.1) is 0 Å². The van der Waals surface area contributed by atoms with Gasteiger partial charge in [-0.3, -0.25) is 9.59 Å². The molecule has 7 heteroatoms. The molecule has 152 valence electrons. The Kier molecular flexibility index (Phi) is 5.13. The number of rotatable bonds is 5. The van der Waals surface area contributed by atoms with E-state index in [1.807, 2.05) is 26.0 Å². The number of hydrogen-bond donors (Lipinski definition) is 2. The molecule has 0 fully saturated rings. The summed E-state index contributed by atoms with van der Waals surface area (Å²) in [5, 5.41) is 5.52. The number of fused-ring (bicyclic) bond motifs is 2. The topological polar surface area (TPSA) is 76.7 Å². The van der Waals surface area contributed by atoms with E-state index >= 15 is 0 Å². The van der Waals surface area contributed by atoms with Crippen LogP contribution in [-0.4, -0.2) is 24.5 Å². The summed E-state index contributed by atoms with van der Waals surface area (Å²) in [5.74, 6) is -0.196. The second kappa shape index (κ2) is 7.73. The van der Waals surface area contributed by atoms with Crippen LogP contribution in [-0.2, 0) is 22.6 Å². The molecule has 2 heterocycles. The van der Waals surface area contributed by atoms with Crippen molar-refractivity contribution in [2.45, 2.75) is 45.3 Å². The fraction of sp³-hybridized carbons (Fsp3) is 0.364. The van der Waals surface area contributed by atoms with Crippen molar-refractivity contribution in [1.29, 1.82) is 0 Å². The zero-order chi connectivity index (χ0) is 20.5. The van der Waals surface area contributed by atoms with Crippen LogP contribution in [0.15, 0.2) is 30.3 Å². The monoisotopic (exact) mass is 398 g/mol. The first-order valence-electron chi connectivity index (χ1n) is 9.77. The van der Waals surface area contributed by atoms with Gasteiger partial charge in [-0.2, -0.15) is 0 Å². The predicted octanol–water partition coefficient (Wildman–Crippen LogP) is 3.29. The summed E-state index contributed by atoms with van der Waals surface area (Å²) in [6.07, 6.45) is 0.960. The molecule has 29 heavy (non-hydrogen) atoms. The van der Waals surface area contributed by atoms with Crippen molar-refractivity contribution >= 4 is 17.5 Å². The van der Waals surface area contributed by atoms with E-state index in [2.05, 4.69) is 10.6 Å². The summed E-state index contributed by atoms with van der Waals surface area (Å²) >= 11 is 0. The number of hydrogen-bond acceptors (Lipinski definition) is 4. The Morgan fingerprint density at radius 1 is 1.31 bits per heavy atom. The summed E-state index contributed by atoms with van der Waals surface area (Å²) in [4.78, 5) is 24.8. The van der Waals surface area contributed by atoms with Gasteiger partial charge >= 0.3 is 0 Å². The van der Waals surface area contributed by atoms with Gasteiger partial charge in [-0.25, -0.2) is 4.39 Å². The molecule has 0 saturated heterocycles. The van der Waals surface area contributed by atoms with Crippen LogP contribution in [0, 0.1) is 5.82 Å². The zero-order valence-corrected chi connectivity index (χ0v) is 16.4. The number of carbonyl (C=O) groups is 2. The molecule has 2 aliphatic heterocycles. The second-order valence-corrected chi connectivity index (χ2v) is 7.39. The zero-order valence-electron chi connectivity index (χ0n) is 16.4. The van der Waals surface area contributed by atoms with Gasteiger partial charge in [0, 0.05) is 36.2 Å². The van der Waals surface area contributed by atoms with Crippen molar-refractivity contribution < 1.29 is 23.5 Å². The lowest BCUT2D eigenvalue weighted by atomic mass is 9.89. The Hall–Kier alpha value is -3.09. The first-order chi connectivity index (χ1) is 13.9. The largest absolute Gasteiger partial charge is 0.494 e. The SMILES string of the molecule is CCOc1cc2c(cc1CNC(=O)[C@H]1CC(=O)Nc3cc(F)ccc31)O[C@@H](C)C2. The molecule has 0 radical (unpaired) electrons. The summed E-state index contributed by atoms with van der Waals surface area (Å²) in [6, 6.07) is 7.95. The van der Waals surface area contributed by atoms with Crippen molar-refractivity contribution in [3.8, 4) is 11.5 Å². The lowest BCUT2D eigenvalue weighted by molar-refractivity contribution is -0.126. The Morgan fingerprint density at radius 3 is 2.93 bits per heavy atom. The number of halogens is 1. The Bertz CT molecular complexity index is 976. The van der Waals surface area contributed by atoms with Crippen LogP contribution in [0.3, 0.4) is 0 Å². The van der Waals surface area contributed by atoms with Crippen LogP contribution in [0.2, 0.25) is 0 Å². The Labute approximate surface area is 168 Å². The number of nitrogens with one attached hydrogen (secondary N) is 2. The highest BCUT2D eigenvalue weighted by atomic mass is 19.1. The molecule has 2 aliphatic rings. The van der Waals surface area contributed by atoms with Crippen LogP contribution in [0.4, 0.5) is 10.1 Å². The fourth-order valence-electron chi connectivity index (χ4n) is 3.89. The molecule has 0 spiro atoms. The molecule has 0 aromatic heterocycles. The molecule has 0 bridgehead atoms. The maximum atomic E-state index is 13.5. The van der Waals surface area contributed by atoms with Crippen molar-refractivity contribution in [3.05, 3.63) is 52.8 Å². The van der Waals surface area contributed by atoms with E-state index < -0.39 is 11.7 Å². The third-order valence-corrected chi connectivity index (χ3v) is 5.20. The minimum absolute atomic E-state index is 0.0214. The van der Waals surface area contributed by atoms with Gasteiger partial charge in [-0.1, -0.05) is 6.07 Å². The Balaban J connectivity index is 1.53. The van der Waals surface area contributed by atoms with E-state index in [1.54, 1.807) is 6.07 Å². The molecular formula is C22H23FN2O4. The standard InChI is InChI=1S/C22H23FN2O4/c1-3-28-19-7-13-6-12(2)29-20(13)8-14(19)11-24-22(27)17-10-21(26)25-18-9-15(23)4-5-16(17)18/h4-5,7-9,12,17H,3,6,10-11H2,1-2H3,(H,24,27)(H,25,26)/t12-,17-/m0/s1. The van der Waals surface area contributed by atoms with E-state index in [1.165, 1.54) is 12.1 Å². The first kappa shape index (κ1) is 19.2. The molecule has 6 nitrogen and oxygen atoms in total. The fourth-order valence-corrected chi connectivity index (χ4v) is 3.89. The highest BCUT2D eigenvalue weighted by Gasteiger charge is 2.31. The van der Waals surface area contributed by atoms with Gasteiger partial charge in [0.05, 0.1) is 12.5 Å². The van der Waals surface area contributed by atoms with E-state index in [9.17, 15) is 14.0 Å². The molecule has 4 rings (SSSR count). The van der Waals surface area contributed by atoms with Crippen LogP contribution in [0.1, 0.15) is 42.9 Å². The lowest BCUT2D eigenvalue weighted by Crippen LogP contribution is -2.34. The number of ether oxygens (including phenoxy) is 2. The quantitative estimate of drug-likeness (QED) is 0.810. The van der Waals surface area contributed by atoms with Crippen LogP contribution in [0.5, 0.6) is 11.5 Å². The molecule has 2 atom stereocenters. The van der Waals surface area contributed by atoms with Crippen LogP contribution >= 0.6 is 0 Å². The number of carbonyl (C=O) groups excluding carboxylic acids is 2. The first-order valence-corrected chi connectivity index (χ1v) is 9.77. The summed E-state index contributed by atoms with van der Waals surface area (Å²) < 4.78 is 25.1. The van der Waals surface area contributed by atoms with Gasteiger partial charge in [0.25, 0.3) is 0 Å². The second-order valence-electron chi connectivity index (χ2n) is 7.39. The number of anilines is 1. The summed E-state index contributed by atoms with van der Waals surface area (Å²) in [6.45, 7) is 4.67. The predicted molar refractivity (Wildman–Crippen MR) is 106 cm³/mol.